The molecule has 4 nitrogen and oxygen atoms in total. The lowest BCUT2D eigenvalue weighted by atomic mass is 10.1. The molecule has 3 rings (SSSR count). The van der Waals surface area contributed by atoms with Gasteiger partial charge in [0, 0.05) is 31.6 Å². The van der Waals surface area contributed by atoms with E-state index in [1.54, 1.807) is 0 Å². The molecular weight excluding hydrogens is 288 g/mol. The minimum absolute atomic E-state index is 0.145. The fourth-order valence-corrected chi connectivity index (χ4v) is 2.76. The van der Waals surface area contributed by atoms with Gasteiger partial charge in [-0.15, -0.1) is 0 Å². The summed E-state index contributed by atoms with van der Waals surface area (Å²) in [5, 5.41) is 3.17. The van der Waals surface area contributed by atoms with E-state index >= 15 is 0 Å². The molecule has 0 radical (unpaired) electrons. The van der Waals surface area contributed by atoms with E-state index in [-0.39, 0.29) is 12.0 Å². The Morgan fingerprint density at radius 1 is 1.00 bits per heavy atom. The van der Waals surface area contributed by atoms with Crippen LogP contribution in [0.15, 0.2) is 60.7 Å². The molecule has 0 saturated carbocycles. The van der Waals surface area contributed by atoms with Crippen LogP contribution < -0.4 is 10.1 Å². The monoisotopic (exact) mass is 310 g/mol. The highest BCUT2D eigenvalue weighted by atomic mass is 16.5. The average molecular weight is 310 g/mol. The third kappa shape index (κ3) is 4.49. The Hall–Kier alpha value is -2.49. The van der Waals surface area contributed by atoms with E-state index in [0.29, 0.717) is 6.54 Å². The van der Waals surface area contributed by atoms with Gasteiger partial charge in [-0.3, -0.25) is 4.79 Å². The van der Waals surface area contributed by atoms with E-state index in [9.17, 15) is 4.79 Å². The molecular formula is C19H22N2O2. The second-order valence-corrected chi connectivity index (χ2v) is 5.73. The first-order chi connectivity index (χ1) is 11.3. The van der Waals surface area contributed by atoms with Crippen molar-refractivity contribution in [1.29, 1.82) is 0 Å². The molecule has 0 atom stereocenters. The smallest absolute Gasteiger partial charge is 0.241 e. The molecule has 1 aliphatic heterocycles. The van der Waals surface area contributed by atoms with Crippen molar-refractivity contribution in [2.45, 2.75) is 18.9 Å². The average Bonchev–Trinajstić information content (AvgIpc) is 2.62. The number of piperidine rings is 1. The predicted octanol–water partition coefficient (Wildman–Crippen LogP) is 3.17. The Bertz CT molecular complexity index is 608. The zero-order chi connectivity index (χ0) is 15.9. The van der Waals surface area contributed by atoms with Crippen molar-refractivity contribution >= 4 is 11.6 Å². The summed E-state index contributed by atoms with van der Waals surface area (Å²) in [5.41, 5.74) is 0.975. The summed E-state index contributed by atoms with van der Waals surface area (Å²) in [4.78, 5) is 14.2. The zero-order valence-corrected chi connectivity index (χ0v) is 13.2. The number of nitrogens with one attached hydrogen (secondary N) is 1. The van der Waals surface area contributed by atoms with Crippen LogP contribution in [0.5, 0.6) is 5.75 Å². The largest absolute Gasteiger partial charge is 0.490 e. The van der Waals surface area contributed by atoms with Crippen LogP contribution in [0.1, 0.15) is 12.8 Å². The quantitative estimate of drug-likeness (QED) is 0.922. The van der Waals surface area contributed by atoms with Crippen LogP contribution in [0, 0.1) is 0 Å². The van der Waals surface area contributed by atoms with Crippen LogP contribution >= 0.6 is 0 Å². The number of hydrogen-bond acceptors (Lipinski definition) is 3. The van der Waals surface area contributed by atoms with Crippen molar-refractivity contribution in [3.05, 3.63) is 60.7 Å². The summed E-state index contributed by atoms with van der Waals surface area (Å²) in [7, 11) is 0. The standard InChI is InChI=1S/C19H22N2O2/c22-19(15-20-16-7-3-1-4-8-16)21-13-11-18(12-14-21)23-17-9-5-2-6-10-17/h1-10,18,20H,11-15H2. The molecule has 1 heterocycles. The molecule has 0 aromatic heterocycles. The highest BCUT2D eigenvalue weighted by molar-refractivity contribution is 5.80. The second kappa shape index (κ2) is 7.68. The Morgan fingerprint density at radius 2 is 1.61 bits per heavy atom. The molecule has 2 aromatic rings. The molecule has 1 aliphatic rings. The van der Waals surface area contributed by atoms with Crippen molar-refractivity contribution in [3.8, 4) is 5.75 Å². The van der Waals surface area contributed by atoms with Crippen LogP contribution in [-0.2, 0) is 4.79 Å². The Morgan fingerprint density at radius 3 is 2.26 bits per heavy atom. The highest BCUT2D eigenvalue weighted by Gasteiger charge is 2.23. The van der Waals surface area contributed by atoms with Crippen LogP contribution in [0.25, 0.3) is 0 Å². The van der Waals surface area contributed by atoms with Gasteiger partial charge < -0.3 is 15.0 Å². The van der Waals surface area contributed by atoms with Gasteiger partial charge in [0.15, 0.2) is 0 Å². The third-order valence-electron chi connectivity index (χ3n) is 4.06. The summed E-state index contributed by atoms with van der Waals surface area (Å²) in [6, 6.07) is 19.7. The molecule has 1 amide bonds. The van der Waals surface area contributed by atoms with E-state index < -0.39 is 0 Å². The van der Waals surface area contributed by atoms with Crippen LogP contribution in [-0.4, -0.2) is 36.5 Å². The van der Waals surface area contributed by atoms with Crippen molar-refractivity contribution in [3.63, 3.8) is 0 Å². The maximum atomic E-state index is 12.3. The molecule has 4 heteroatoms. The Labute approximate surface area is 137 Å². The molecule has 23 heavy (non-hydrogen) atoms. The first kappa shape index (κ1) is 15.4. The lowest BCUT2D eigenvalue weighted by Gasteiger charge is -2.32. The van der Waals surface area contributed by atoms with Crippen molar-refractivity contribution < 1.29 is 9.53 Å². The molecule has 0 aliphatic carbocycles. The SMILES string of the molecule is O=C(CNc1ccccc1)N1CCC(Oc2ccccc2)CC1. The number of amides is 1. The van der Waals surface area contributed by atoms with E-state index in [0.717, 1.165) is 37.4 Å². The topological polar surface area (TPSA) is 41.6 Å². The van der Waals surface area contributed by atoms with Crippen LogP contribution in [0.2, 0.25) is 0 Å². The minimum atomic E-state index is 0.145. The highest BCUT2D eigenvalue weighted by Crippen LogP contribution is 2.18. The number of rotatable bonds is 5. The van der Waals surface area contributed by atoms with Gasteiger partial charge in [0.2, 0.25) is 5.91 Å². The fourth-order valence-electron chi connectivity index (χ4n) is 2.76. The summed E-state index contributed by atoms with van der Waals surface area (Å²) in [6.45, 7) is 1.85. The summed E-state index contributed by atoms with van der Waals surface area (Å²) < 4.78 is 5.96. The van der Waals surface area contributed by atoms with E-state index in [2.05, 4.69) is 5.32 Å². The molecule has 0 bridgehead atoms. The maximum absolute atomic E-state index is 12.3. The third-order valence-corrected chi connectivity index (χ3v) is 4.06. The van der Waals surface area contributed by atoms with E-state index in [1.165, 1.54) is 0 Å². The molecule has 120 valence electrons. The number of carbonyl (C=O) groups is 1. The first-order valence-electron chi connectivity index (χ1n) is 8.09. The summed E-state index contributed by atoms with van der Waals surface area (Å²) >= 11 is 0. The summed E-state index contributed by atoms with van der Waals surface area (Å²) in [6.07, 6.45) is 1.96. The Kier molecular flexibility index (Phi) is 5.14. The lowest BCUT2D eigenvalue weighted by Crippen LogP contribution is -2.44. The number of para-hydroxylation sites is 2. The van der Waals surface area contributed by atoms with Gasteiger partial charge in [-0.25, -0.2) is 0 Å². The van der Waals surface area contributed by atoms with Gasteiger partial charge in [-0.2, -0.15) is 0 Å². The lowest BCUT2D eigenvalue weighted by molar-refractivity contribution is -0.131. The second-order valence-electron chi connectivity index (χ2n) is 5.73. The van der Waals surface area contributed by atoms with Gasteiger partial charge in [0.1, 0.15) is 11.9 Å². The van der Waals surface area contributed by atoms with Gasteiger partial charge in [-0.1, -0.05) is 36.4 Å². The van der Waals surface area contributed by atoms with Gasteiger partial charge >= 0.3 is 0 Å². The molecule has 2 aromatic carbocycles. The number of anilines is 1. The fraction of sp³-hybridized carbons (Fsp3) is 0.316. The summed E-state index contributed by atoms with van der Waals surface area (Å²) in [5.74, 6) is 1.05. The first-order valence-corrected chi connectivity index (χ1v) is 8.09. The van der Waals surface area contributed by atoms with Crippen LogP contribution in [0.3, 0.4) is 0 Å². The van der Waals surface area contributed by atoms with Crippen molar-refractivity contribution in [2.75, 3.05) is 25.0 Å². The van der Waals surface area contributed by atoms with E-state index in [4.69, 9.17) is 4.74 Å². The predicted molar refractivity (Wildman–Crippen MR) is 91.6 cm³/mol. The number of likely N-dealkylation sites (tertiary alicyclic amines) is 1. The normalized spacial score (nSPS) is 15.2. The molecule has 1 N–H and O–H groups in total. The van der Waals surface area contributed by atoms with Crippen molar-refractivity contribution in [2.24, 2.45) is 0 Å². The molecule has 0 unspecified atom stereocenters. The molecule has 1 fully saturated rings. The number of ether oxygens (including phenoxy) is 1. The van der Waals surface area contributed by atoms with E-state index in [1.807, 2.05) is 65.6 Å². The Balaban J connectivity index is 1.42. The van der Waals surface area contributed by atoms with Crippen molar-refractivity contribution in [1.82, 2.24) is 4.90 Å². The number of nitrogens with zero attached hydrogens (tertiary/aromatic N) is 1. The number of carbonyl (C=O) groups excluding carboxylic acids is 1. The van der Waals surface area contributed by atoms with Crippen LogP contribution in [0.4, 0.5) is 5.69 Å². The zero-order valence-electron chi connectivity index (χ0n) is 13.2. The molecule has 1 saturated heterocycles. The number of hydrogen-bond donors (Lipinski definition) is 1. The number of benzene rings is 2. The van der Waals surface area contributed by atoms with Gasteiger partial charge in [0.25, 0.3) is 0 Å². The molecule has 0 spiro atoms. The minimum Gasteiger partial charge on any atom is -0.490 e. The maximum Gasteiger partial charge on any atom is 0.241 e. The van der Waals surface area contributed by atoms with Gasteiger partial charge in [0.05, 0.1) is 6.54 Å². The van der Waals surface area contributed by atoms with Gasteiger partial charge in [-0.05, 0) is 24.3 Å².